The third kappa shape index (κ3) is 2.60. The van der Waals surface area contributed by atoms with Gasteiger partial charge in [-0.05, 0) is 56.2 Å². The molecule has 2 aliphatic rings. The molecule has 1 aliphatic carbocycles. The standard InChI is InChI=1S/C17H22N2O3/c1-17(2)12(9-15(20)21)5-8-19(17)16(22)14-10-13(14)11-3-6-18-7-4-11/h3-4,6-7,12-14H,5,8-10H2,1-2H3,(H,20,21)/t12?,13-,14+/m0/s1. The van der Waals surface area contributed by atoms with Gasteiger partial charge >= 0.3 is 5.97 Å². The molecule has 2 fully saturated rings. The van der Waals surface area contributed by atoms with Gasteiger partial charge in [0.05, 0.1) is 6.42 Å². The number of hydrogen-bond donors (Lipinski definition) is 1. The van der Waals surface area contributed by atoms with Crippen molar-refractivity contribution in [3.05, 3.63) is 30.1 Å². The van der Waals surface area contributed by atoms with Crippen molar-refractivity contribution in [2.75, 3.05) is 6.54 Å². The zero-order valence-corrected chi connectivity index (χ0v) is 13.0. The quantitative estimate of drug-likeness (QED) is 0.926. The normalized spacial score (nSPS) is 29.4. The van der Waals surface area contributed by atoms with Gasteiger partial charge in [-0.15, -0.1) is 0 Å². The van der Waals surface area contributed by atoms with Crippen LogP contribution in [0.1, 0.15) is 44.6 Å². The molecule has 3 rings (SSSR count). The van der Waals surface area contributed by atoms with E-state index in [1.165, 1.54) is 5.56 Å². The molecule has 1 N–H and O–H groups in total. The summed E-state index contributed by atoms with van der Waals surface area (Å²) >= 11 is 0. The molecular weight excluding hydrogens is 280 g/mol. The number of rotatable bonds is 4. The van der Waals surface area contributed by atoms with Gasteiger partial charge in [-0.25, -0.2) is 0 Å². The van der Waals surface area contributed by atoms with E-state index in [9.17, 15) is 9.59 Å². The average molecular weight is 302 g/mol. The number of carbonyl (C=O) groups is 2. The van der Waals surface area contributed by atoms with E-state index in [0.717, 1.165) is 12.8 Å². The van der Waals surface area contributed by atoms with Crippen molar-refractivity contribution in [2.45, 2.75) is 44.6 Å². The predicted octanol–water partition coefficient (Wildman–Crippen LogP) is 2.29. The summed E-state index contributed by atoms with van der Waals surface area (Å²) in [4.78, 5) is 29.7. The summed E-state index contributed by atoms with van der Waals surface area (Å²) in [6.45, 7) is 4.66. The van der Waals surface area contributed by atoms with Crippen LogP contribution in [-0.4, -0.2) is 39.0 Å². The van der Waals surface area contributed by atoms with Crippen LogP contribution in [0.2, 0.25) is 0 Å². The summed E-state index contributed by atoms with van der Waals surface area (Å²) in [5.41, 5.74) is 0.799. The summed E-state index contributed by atoms with van der Waals surface area (Å²) in [5, 5.41) is 9.03. The molecule has 1 aromatic rings. The van der Waals surface area contributed by atoms with Crippen LogP contribution < -0.4 is 0 Å². The molecule has 0 bridgehead atoms. The summed E-state index contributed by atoms with van der Waals surface area (Å²) in [5.74, 6) is -0.227. The van der Waals surface area contributed by atoms with Crippen molar-refractivity contribution >= 4 is 11.9 Å². The predicted molar refractivity (Wildman–Crippen MR) is 81.2 cm³/mol. The Balaban J connectivity index is 1.68. The fourth-order valence-corrected chi connectivity index (χ4v) is 3.75. The number of amides is 1. The number of hydrogen-bond acceptors (Lipinski definition) is 3. The van der Waals surface area contributed by atoms with Crippen LogP contribution in [0.4, 0.5) is 0 Å². The van der Waals surface area contributed by atoms with Gasteiger partial charge in [0.1, 0.15) is 0 Å². The van der Waals surface area contributed by atoms with Gasteiger partial charge in [-0.3, -0.25) is 14.6 Å². The summed E-state index contributed by atoms with van der Waals surface area (Å²) in [6.07, 6.45) is 5.32. The Labute approximate surface area is 130 Å². The molecule has 1 unspecified atom stereocenters. The van der Waals surface area contributed by atoms with E-state index in [4.69, 9.17) is 5.11 Å². The lowest BCUT2D eigenvalue weighted by atomic mass is 9.85. The van der Waals surface area contributed by atoms with E-state index in [0.29, 0.717) is 12.5 Å². The van der Waals surface area contributed by atoms with Crippen LogP contribution in [0.3, 0.4) is 0 Å². The Morgan fingerprint density at radius 3 is 2.68 bits per heavy atom. The van der Waals surface area contributed by atoms with Gasteiger partial charge in [-0.1, -0.05) is 0 Å². The zero-order valence-electron chi connectivity index (χ0n) is 13.0. The first kappa shape index (κ1) is 15.0. The molecule has 1 aromatic heterocycles. The fourth-order valence-electron chi connectivity index (χ4n) is 3.75. The zero-order chi connectivity index (χ0) is 15.9. The highest BCUT2D eigenvalue weighted by atomic mass is 16.4. The smallest absolute Gasteiger partial charge is 0.303 e. The van der Waals surface area contributed by atoms with Gasteiger partial charge in [0, 0.05) is 30.4 Å². The second-order valence-electron chi connectivity index (χ2n) is 6.96. The monoisotopic (exact) mass is 302 g/mol. The lowest BCUT2D eigenvalue weighted by molar-refractivity contribution is -0.141. The van der Waals surface area contributed by atoms with Crippen molar-refractivity contribution in [1.82, 2.24) is 9.88 Å². The topological polar surface area (TPSA) is 70.5 Å². The molecular formula is C17H22N2O3. The Bertz CT molecular complexity index is 585. The van der Waals surface area contributed by atoms with E-state index in [2.05, 4.69) is 4.98 Å². The number of nitrogens with zero attached hydrogens (tertiary/aromatic N) is 2. The van der Waals surface area contributed by atoms with Crippen molar-refractivity contribution in [2.24, 2.45) is 11.8 Å². The Hall–Kier alpha value is -1.91. The molecule has 22 heavy (non-hydrogen) atoms. The van der Waals surface area contributed by atoms with Crippen LogP contribution >= 0.6 is 0 Å². The third-order valence-corrected chi connectivity index (χ3v) is 5.32. The molecule has 118 valence electrons. The molecule has 1 aliphatic heterocycles. The lowest BCUT2D eigenvalue weighted by Crippen LogP contribution is -2.47. The molecule has 1 amide bonds. The van der Waals surface area contributed by atoms with Crippen LogP contribution in [0.25, 0.3) is 0 Å². The molecule has 5 nitrogen and oxygen atoms in total. The molecule has 0 spiro atoms. The van der Waals surface area contributed by atoms with Gasteiger partial charge in [0.15, 0.2) is 0 Å². The Morgan fingerprint density at radius 2 is 2.05 bits per heavy atom. The minimum atomic E-state index is -0.784. The number of carboxylic acid groups (broad SMARTS) is 1. The summed E-state index contributed by atoms with van der Waals surface area (Å²) < 4.78 is 0. The molecule has 1 saturated heterocycles. The maximum Gasteiger partial charge on any atom is 0.303 e. The average Bonchev–Trinajstić information content (AvgIpc) is 3.21. The summed E-state index contributed by atoms with van der Waals surface area (Å²) in [6, 6.07) is 3.95. The second-order valence-corrected chi connectivity index (χ2v) is 6.96. The molecule has 0 aromatic carbocycles. The first-order valence-corrected chi connectivity index (χ1v) is 7.84. The minimum Gasteiger partial charge on any atom is -0.481 e. The number of pyridine rings is 1. The van der Waals surface area contributed by atoms with Gasteiger partial charge in [-0.2, -0.15) is 0 Å². The highest BCUT2D eigenvalue weighted by Gasteiger charge is 2.52. The van der Waals surface area contributed by atoms with Gasteiger partial charge in [0.25, 0.3) is 0 Å². The third-order valence-electron chi connectivity index (χ3n) is 5.32. The van der Waals surface area contributed by atoms with Crippen LogP contribution in [-0.2, 0) is 9.59 Å². The first-order valence-electron chi connectivity index (χ1n) is 7.84. The minimum absolute atomic E-state index is 0.0343. The first-order chi connectivity index (χ1) is 10.4. The SMILES string of the molecule is CC1(C)C(CC(=O)O)CCN1C(=O)[C@@H]1C[C@H]1c1ccncc1. The number of carbonyl (C=O) groups excluding carboxylic acids is 1. The van der Waals surface area contributed by atoms with Crippen molar-refractivity contribution in [3.63, 3.8) is 0 Å². The van der Waals surface area contributed by atoms with E-state index in [-0.39, 0.29) is 29.7 Å². The van der Waals surface area contributed by atoms with Gasteiger partial charge < -0.3 is 10.0 Å². The Morgan fingerprint density at radius 1 is 1.36 bits per heavy atom. The van der Waals surface area contributed by atoms with Crippen LogP contribution in [0, 0.1) is 11.8 Å². The number of aromatic nitrogens is 1. The second kappa shape index (κ2) is 5.38. The van der Waals surface area contributed by atoms with E-state index >= 15 is 0 Å². The molecule has 2 heterocycles. The molecule has 1 saturated carbocycles. The number of carboxylic acids is 1. The largest absolute Gasteiger partial charge is 0.481 e. The highest BCUT2D eigenvalue weighted by molar-refractivity contribution is 5.84. The maximum atomic E-state index is 12.8. The van der Waals surface area contributed by atoms with E-state index in [1.54, 1.807) is 12.4 Å². The number of aliphatic carboxylic acids is 1. The van der Waals surface area contributed by atoms with Crippen molar-refractivity contribution in [1.29, 1.82) is 0 Å². The molecule has 0 radical (unpaired) electrons. The lowest BCUT2D eigenvalue weighted by Gasteiger charge is -2.36. The molecule has 5 heteroatoms. The van der Waals surface area contributed by atoms with Gasteiger partial charge in [0.2, 0.25) is 5.91 Å². The van der Waals surface area contributed by atoms with Crippen LogP contribution in [0.5, 0.6) is 0 Å². The van der Waals surface area contributed by atoms with Crippen molar-refractivity contribution < 1.29 is 14.7 Å². The number of likely N-dealkylation sites (tertiary alicyclic amines) is 1. The van der Waals surface area contributed by atoms with E-state index < -0.39 is 5.97 Å². The van der Waals surface area contributed by atoms with Crippen molar-refractivity contribution in [3.8, 4) is 0 Å². The highest BCUT2D eigenvalue weighted by Crippen LogP contribution is 2.50. The maximum absolute atomic E-state index is 12.8. The Kier molecular flexibility index (Phi) is 3.67. The van der Waals surface area contributed by atoms with Crippen LogP contribution in [0.15, 0.2) is 24.5 Å². The van der Waals surface area contributed by atoms with E-state index in [1.807, 2.05) is 30.9 Å². The fraction of sp³-hybridized carbons (Fsp3) is 0.588. The molecule has 3 atom stereocenters. The summed E-state index contributed by atoms with van der Waals surface area (Å²) in [7, 11) is 0.